The highest BCUT2D eigenvalue weighted by atomic mass is 35.5. The van der Waals surface area contributed by atoms with Crippen molar-refractivity contribution >= 4 is 45.4 Å². The summed E-state index contributed by atoms with van der Waals surface area (Å²) in [5.74, 6) is 1.27. The van der Waals surface area contributed by atoms with Crippen molar-refractivity contribution in [2.45, 2.75) is 6.18 Å². The lowest BCUT2D eigenvalue weighted by Gasteiger charge is -2.12. The van der Waals surface area contributed by atoms with Crippen LogP contribution >= 0.6 is 11.6 Å². The molecule has 0 aliphatic carbocycles. The summed E-state index contributed by atoms with van der Waals surface area (Å²) in [4.78, 5) is 25.4. The molecule has 0 aliphatic heterocycles. The number of rotatable bonds is 5. The summed E-state index contributed by atoms with van der Waals surface area (Å²) in [5, 5.41) is 3.56. The summed E-state index contributed by atoms with van der Waals surface area (Å²) in [6, 6.07) is 2.48. The molecule has 5 rings (SSSR count). The maximum absolute atomic E-state index is 13.3. The van der Waals surface area contributed by atoms with Crippen molar-refractivity contribution in [3.05, 3.63) is 57.9 Å². The predicted molar refractivity (Wildman–Crippen MR) is 131 cm³/mol. The first kappa shape index (κ1) is 24.4. The van der Waals surface area contributed by atoms with Gasteiger partial charge in [0.25, 0.3) is 5.56 Å². The summed E-state index contributed by atoms with van der Waals surface area (Å²) in [6.07, 6.45) is 0.789. The number of fused-ring (bicyclic) bond motifs is 2. The molecule has 0 saturated carbocycles. The number of hydrogen-bond donors (Lipinski definition) is 1. The third kappa shape index (κ3) is 4.20. The van der Waals surface area contributed by atoms with Gasteiger partial charge in [-0.15, -0.1) is 0 Å². The Labute approximate surface area is 211 Å². The number of nitrogens with one attached hydrogen (secondary N) is 1. The van der Waals surface area contributed by atoms with Crippen molar-refractivity contribution < 1.29 is 22.6 Å². The van der Waals surface area contributed by atoms with Crippen molar-refractivity contribution in [2.24, 2.45) is 21.1 Å². The van der Waals surface area contributed by atoms with Crippen LogP contribution in [0.1, 0.15) is 5.56 Å². The van der Waals surface area contributed by atoms with Gasteiger partial charge in [0.2, 0.25) is 5.95 Å². The second kappa shape index (κ2) is 8.69. The zero-order valence-electron chi connectivity index (χ0n) is 19.9. The minimum atomic E-state index is -4.63. The van der Waals surface area contributed by atoms with E-state index in [-0.39, 0.29) is 28.1 Å². The first-order valence-electron chi connectivity index (χ1n) is 10.7. The van der Waals surface area contributed by atoms with Crippen LogP contribution in [0.4, 0.5) is 24.8 Å². The number of anilines is 2. The van der Waals surface area contributed by atoms with E-state index in [9.17, 15) is 18.0 Å². The number of aromatic nitrogens is 6. The Bertz CT molecular complexity index is 1740. The van der Waals surface area contributed by atoms with E-state index in [0.717, 1.165) is 22.2 Å². The van der Waals surface area contributed by atoms with E-state index >= 15 is 0 Å². The van der Waals surface area contributed by atoms with Gasteiger partial charge in [-0.25, -0.2) is 9.97 Å². The quantitative estimate of drug-likeness (QED) is 0.347. The summed E-state index contributed by atoms with van der Waals surface area (Å²) >= 11 is 6.62. The maximum atomic E-state index is 13.3. The molecule has 0 bridgehead atoms. The zero-order valence-corrected chi connectivity index (χ0v) is 20.6. The number of methoxy groups -OCH3 is 1. The third-order valence-electron chi connectivity index (χ3n) is 5.76. The standard InChI is InChI=1S/C23H19ClF3N7O3/c1-32-10-16(36-4)13-6-12(7-29-20(13)32)37-15-8-28-19-18(17(15)24)34(3)22(31-19)30-14-5-11(23(25,26)27)9-33(2)21(14)35/h5-10H,1-4H3,(H,28,30,31). The summed E-state index contributed by atoms with van der Waals surface area (Å²) in [5.41, 5.74) is -0.710. The normalized spacial score (nSPS) is 11.9. The van der Waals surface area contributed by atoms with Gasteiger partial charge >= 0.3 is 6.18 Å². The monoisotopic (exact) mass is 533 g/mol. The van der Waals surface area contributed by atoms with E-state index in [1.54, 1.807) is 26.4 Å². The molecule has 5 aromatic heterocycles. The second-order valence-corrected chi connectivity index (χ2v) is 8.61. The highest BCUT2D eigenvalue weighted by Crippen LogP contribution is 2.37. The first-order chi connectivity index (χ1) is 17.5. The van der Waals surface area contributed by atoms with Crippen LogP contribution in [0.5, 0.6) is 17.2 Å². The molecule has 0 atom stereocenters. The SMILES string of the molecule is COc1cn(C)c2ncc(Oc3cnc4nc(Nc5cc(C(F)(F)F)cn(C)c5=O)n(C)c4c3Cl)cc12. The van der Waals surface area contributed by atoms with Crippen LogP contribution in [0.15, 0.2) is 41.7 Å². The van der Waals surface area contributed by atoms with Crippen LogP contribution < -0.4 is 20.3 Å². The van der Waals surface area contributed by atoms with Crippen molar-refractivity contribution in [3.63, 3.8) is 0 Å². The average molecular weight is 534 g/mol. The Morgan fingerprint density at radius 3 is 2.49 bits per heavy atom. The van der Waals surface area contributed by atoms with Crippen LogP contribution in [-0.4, -0.2) is 35.8 Å². The number of halogens is 4. The molecule has 0 saturated heterocycles. The number of hydrogen-bond acceptors (Lipinski definition) is 7. The number of ether oxygens (including phenoxy) is 2. The molecule has 0 amide bonds. The Morgan fingerprint density at radius 1 is 1.03 bits per heavy atom. The molecule has 1 N–H and O–H groups in total. The fourth-order valence-electron chi connectivity index (χ4n) is 3.93. The number of alkyl halides is 3. The molecular formula is C23H19ClF3N7O3. The van der Waals surface area contributed by atoms with Gasteiger partial charge in [-0.2, -0.15) is 18.2 Å². The van der Waals surface area contributed by atoms with Gasteiger partial charge < -0.3 is 28.5 Å². The van der Waals surface area contributed by atoms with Gasteiger partial charge in [0, 0.05) is 33.5 Å². The van der Waals surface area contributed by atoms with Gasteiger partial charge in [0.15, 0.2) is 11.4 Å². The van der Waals surface area contributed by atoms with Gasteiger partial charge in [0.05, 0.1) is 30.5 Å². The lowest BCUT2D eigenvalue weighted by atomic mass is 10.2. The Balaban J connectivity index is 1.52. The molecule has 10 nitrogen and oxygen atoms in total. The lowest BCUT2D eigenvalue weighted by molar-refractivity contribution is -0.138. The fraction of sp³-hybridized carbons (Fsp3) is 0.217. The second-order valence-electron chi connectivity index (χ2n) is 8.24. The Morgan fingerprint density at radius 2 is 1.78 bits per heavy atom. The highest BCUT2D eigenvalue weighted by Gasteiger charge is 2.32. The molecule has 5 aromatic rings. The van der Waals surface area contributed by atoms with Crippen LogP contribution in [0, 0.1) is 0 Å². The molecular weight excluding hydrogens is 515 g/mol. The van der Waals surface area contributed by atoms with E-state index in [4.69, 9.17) is 21.1 Å². The smallest absolute Gasteiger partial charge is 0.417 e. The molecule has 5 heterocycles. The largest absolute Gasteiger partial charge is 0.494 e. The van der Waals surface area contributed by atoms with Crippen molar-refractivity contribution in [2.75, 3.05) is 12.4 Å². The van der Waals surface area contributed by atoms with Gasteiger partial charge in [-0.1, -0.05) is 11.6 Å². The van der Waals surface area contributed by atoms with Crippen LogP contribution in [0.2, 0.25) is 5.02 Å². The van der Waals surface area contributed by atoms with Crippen molar-refractivity contribution in [1.29, 1.82) is 0 Å². The zero-order chi connectivity index (χ0) is 26.6. The first-order valence-corrected chi connectivity index (χ1v) is 11.1. The lowest BCUT2D eigenvalue weighted by Crippen LogP contribution is -2.23. The van der Waals surface area contributed by atoms with Crippen LogP contribution in [0.25, 0.3) is 22.2 Å². The molecule has 14 heteroatoms. The Hall–Kier alpha value is -4.26. The Kier molecular flexibility index (Phi) is 5.74. The van der Waals surface area contributed by atoms with Crippen LogP contribution in [-0.2, 0) is 27.3 Å². The fourth-order valence-corrected chi connectivity index (χ4v) is 4.22. The summed E-state index contributed by atoms with van der Waals surface area (Å²) < 4.78 is 55.2. The number of nitrogens with zero attached hydrogens (tertiary/aromatic N) is 6. The summed E-state index contributed by atoms with van der Waals surface area (Å²) in [7, 11) is 6.21. The van der Waals surface area contributed by atoms with E-state index in [1.165, 1.54) is 24.0 Å². The van der Waals surface area contributed by atoms with Crippen LogP contribution in [0.3, 0.4) is 0 Å². The van der Waals surface area contributed by atoms with Crippen molar-refractivity contribution in [3.8, 4) is 17.2 Å². The molecule has 0 unspecified atom stereocenters. The molecule has 0 spiro atoms. The van der Waals surface area contributed by atoms with E-state index in [0.29, 0.717) is 22.7 Å². The highest BCUT2D eigenvalue weighted by molar-refractivity contribution is 6.36. The molecule has 0 aromatic carbocycles. The third-order valence-corrected chi connectivity index (χ3v) is 6.13. The topological polar surface area (TPSA) is 101 Å². The van der Waals surface area contributed by atoms with Gasteiger partial charge in [-0.3, -0.25) is 4.79 Å². The van der Waals surface area contributed by atoms with Gasteiger partial charge in [-0.05, 0) is 12.1 Å². The maximum Gasteiger partial charge on any atom is 0.417 e. The average Bonchev–Trinajstić information content (AvgIpc) is 3.34. The minimum absolute atomic E-state index is 0.0649. The molecule has 0 fully saturated rings. The number of pyridine rings is 3. The van der Waals surface area contributed by atoms with E-state index in [1.807, 2.05) is 11.6 Å². The molecule has 0 radical (unpaired) electrons. The summed E-state index contributed by atoms with van der Waals surface area (Å²) in [6.45, 7) is 0. The van der Waals surface area contributed by atoms with Crippen molar-refractivity contribution in [1.82, 2.24) is 28.7 Å². The van der Waals surface area contributed by atoms with E-state index in [2.05, 4.69) is 20.3 Å². The predicted octanol–water partition coefficient (Wildman–Crippen LogP) is 4.77. The van der Waals surface area contributed by atoms with Gasteiger partial charge in [0.1, 0.15) is 33.4 Å². The van der Waals surface area contributed by atoms with E-state index < -0.39 is 17.3 Å². The molecule has 192 valence electrons. The molecule has 37 heavy (non-hydrogen) atoms. The number of imidazole rings is 1. The minimum Gasteiger partial charge on any atom is -0.494 e. The number of aryl methyl sites for hydroxylation is 3. The molecule has 0 aliphatic rings.